The molecule has 2 N–H and O–H groups in total. The van der Waals surface area contributed by atoms with Crippen LogP contribution in [-0.2, 0) is 6.54 Å². The number of amides is 2. The number of urea groups is 1. The third-order valence-corrected chi connectivity index (χ3v) is 3.49. The number of rotatable bonds is 3. The molecule has 6 heteroatoms. The van der Waals surface area contributed by atoms with Gasteiger partial charge in [-0.15, -0.1) is 0 Å². The molecule has 2 rings (SSSR count). The quantitative estimate of drug-likeness (QED) is 0.888. The molecule has 1 aromatic rings. The van der Waals surface area contributed by atoms with Crippen LogP contribution in [0.25, 0.3) is 0 Å². The maximum atomic E-state index is 11.2. The van der Waals surface area contributed by atoms with E-state index < -0.39 is 0 Å². The lowest BCUT2D eigenvalue weighted by molar-refractivity contribution is 0.207. The monoisotopic (exact) mass is 265 g/mol. The largest absolute Gasteiger partial charge is 0.351 e. The first-order chi connectivity index (χ1) is 9.06. The first-order valence-electron chi connectivity index (χ1n) is 6.86. The molecule has 6 nitrogen and oxygen atoms in total. The van der Waals surface area contributed by atoms with Gasteiger partial charge < -0.3 is 10.6 Å². The molecule has 1 saturated heterocycles. The first kappa shape index (κ1) is 13.9. The van der Waals surface area contributed by atoms with Crippen LogP contribution in [0.3, 0.4) is 0 Å². The van der Waals surface area contributed by atoms with Gasteiger partial charge in [0.05, 0.1) is 6.20 Å². The van der Waals surface area contributed by atoms with Crippen molar-refractivity contribution in [1.82, 2.24) is 19.6 Å². The van der Waals surface area contributed by atoms with Crippen molar-refractivity contribution < 1.29 is 4.79 Å². The molecule has 1 fully saturated rings. The van der Waals surface area contributed by atoms with Gasteiger partial charge in [0.15, 0.2) is 0 Å². The summed E-state index contributed by atoms with van der Waals surface area (Å²) < 4.78 is 1.98. The number of hydrogen-bond acceptors (Lipinski definition) is 3. The number of nitrogens with zero attached hydrogens (tertiary/aromatic N) is 4. The van der Waals surface area contributed by atoms with E-state index in [1.54, 1.807) is 4.90 Å². The second-order valence-corrected chi connectivity index (χ2v) is 5.38. The zero-order valence-electron chi connectivity index (χ0n) is 11.7. The molecule has 0 unspecified atom stereocenters. The van der Waals surface area contributed by atoms with E-state index >= 15 is 0 Å². The van der Waals surface area contributed by atoms with Gasteiger partial charge in [0.25, 0.3) is 0 Å². The smallest absolute Gasteiger partial charge is 0.314 e. The van der Waals surface area contributed by atoms with E-state index in [0.717, 1.165) is 32.6 Å². The van der Waals surface area contributed by atoms with Gasteiger partial charge in [-0.25, -0.2) is 4.79 Å². The van der Waals surface area contributed by atoms with Gasteiger partial charge in [-0.05, 0) is 20.3 Å². The lowest BCUT2D eigenvalue weighted by Crippen LogP contribution is -2.38. The summed E-state index contributed by atoms with van der Waals surface area (Å²) in [6, 6.07) is 0.0812. The molecule has 106 valence electrons. The second-order valence-electron chi connectivity index (χ2n) is 5.38. The number of carbonyl (C=O) groups excluding carboxylic acids is 1. The summed E-state index contributed by atoms with van der Waals surface area (Å²) in [6.07, 6.45) is 5.00. The Labute approximate surface area is 114 Å². The van der Waals surface area contributed by atoms with Crippen molar-refractivity contribution in [2.24, 2.45) is 5.73 Å². The fourth-order valence-electron chi connectivity index (χ4n) is 2.35. The third-order valence-electron chi connectivity index (χ3n) is 3.49. The Hall–Kier alpha value is -1.56. The fourth-order valence-corrected chi connectivity index (χ4v) is 2.35. The highest BCUT2D eigenvalue weighted by Crippen LogP contribution is 2.10. The maximum absolute atomic E-state index is 11.2. The number of primary amides is 1. The number of hydrogen-bond donors (Lipinski definition) is 1. The van der Waals surface area contributed by atoms with E-state index in [0.29, 0.717) is 12.6 Å². The van der Waals surface area contributed by atoms with Crippen LogP contribution in [0.1, 0.15) is 31.9 Å². The van der Waals surface area contributed by atoms with Crippen molar-refractivity contribution in [3.05, 3.63) is 18.0 Å². The van der Waals surface area contributed by atoms with Gasteiger partial charge in [0.2, 0.25) is 0 Å². The maximum Gasteiger partial charge on any atom is 0.314 e. The van der Waals surface area contributed by atoms with Crippen molar-refractivity contribution >= 4 is 6.03 Å². The SMILES string of the molecule is CC(C)n1cc(CN2CCCN(C(N)=O)CC2)cn1. The Kier molecular flexibility index (Phi) is 4.42. The Morgan fingerprint density at radius 2 is 2.16 bits per heavy atom. The molecule has 2 amide bonds. The van der Waals surface area contributed by atoms with Crippen LogP contribution in [0.15, 0.2) is 12.4 Å². The fraction of sp³-hybridized carbons (Fsp3) is 0.692. The summed E-state index contributed by atoms with van der Waals surface area (Å²) in [6.45, 7) is 8.47. The standard InChI is InChI=1S/C13H23N5O/c1-11(2)18-10-12(8-15-18)9-16-4-3-5-17(7-6-16)13(14)19/h8,10-11H,3-7,9H2,1-2H3,(H2,14,19). The predicted molar refractivity (Wildman–Crippen MR) is 73.7 cm³/mol. The minimum Gasteiger partial charge on any atom is -0.351 e. The molecule has 19 heavy (non-hydrogen) atoms. The van der Waals surface area contributed by atoms with Crippen LogP contribution < -0.4 is 5.73 Å². The molecule has 0 bridgehead atoms. The highest BCUT2D eigenvalue weighted by atomic mass is 16.2. The van der Waals surface area contributed by atoms with Crippen LogP contribution in [-0.4, -0.2) is 51.8 Å². The van der Waals surface area contributed by atoms with E-state index in [1.165, 1.54) is 5.56 Å². The highest BCUT2D eigenvalue weighted by Gasteiger charge is 2.17. The van der Waals surface area contributed by atoms with Crippen molar-refractivity contribution in [3.63, 3.8) is 0 Å². The van der Waals surface area contributed by atoms with Crippen LogP contribution >= 0.6 is 0 Å². The Morgan fingerprint density at radius 3 is 2.79 bits per heavy atom. The summed E-state index contributed by atoms with van der Waals surface area (Å²) in [4.78, 5) is 15.2. The summed E-state index contributed by atoms with van der Waals surface area (Å²) >= 11 is 0. The topological polar surface area (TPSA) is 67.4 Å². The van der Waals surface area contributed by atoms with Crippen LogP contribution in [0.4, 0.5) is 4.79 Å². The summed E-state index contributed by atoms with van der Waals surface area (Å²) in [5.74, 6) is 0. The molecule has 0 aromatic carbocycles. The lowest BCUT2D eigenvalue weighted by Gasteiger charge is -2.20. The van der Waals surface area contributed by atoms with Gasteiger partial charge in [0, 0.05) is 50.5 Å². The lowest BCUT2D eigenvalue weighted by atomic mass is 10.3. The van der Waals surface area contributed by atoms with Crippen LogP contribution in [0.5, 0.6) is 0 Å². The third kappa shape index (κ3) is 3.70. The van der Waals surface area contributed by atoms with Gasteiger partial charge >= 0.3 is 6.03 Å². The highest BCUT2D eigenvalue weighted by molar-refractivity contribution is 5.71. The zero-order valence-corrected chi connectivity index (χ0v) is 11.7. The molecular weight excluding hydrogens is 242 g/mol. The van der Waals surface area contributed by atoms with E-state index in [9.17, 15) is 4.79 Å². The molecule has 2 heterocycles. The molecule has 0 aliphatic carbocycles. The van der Waals surface area contributed by atoms with E-state index in [1.807, 2.05) is 10.9 Å². The predicted octanol–water partition coefficient (Wildman–Crippen LogP) is 1.05. The average molecular weight is 265 g/mol. The Bertz CT molecular complexity index is 428. The number of nitrogens with two attached hydrogens (primary N) is 1. The summed E-state index contributed by atoms with van der Waals surface area (Å²) in [7, 11) is 0. The minimum atomic E-state index is -0.311. The molecule has 0 radical (unpaired) electrons. The summed E-state index contributed by atoms with van der Waals surface area (Å²) in [5.41, 5.74) is 6.55. The second kappa shape index (κ2) is 6.06. The number of aromatic nitrogens is 2. The normalized spacial score (nSPS) is 17.7. The Balaban J connectivity index is 1.90. The molecule has 0 spiro atoms. The minimum absolute atomic E-state index is 0.311. The molecule has 0 saturated carbocycles. The van der Waals surface area contributed by atoms with E-state index in [2.05, 4.69) is 30.0 Å². The first-order valence-corrected chi connectivity index (χ1v) is 6.86. The number of carbonyl (C=O) groups is 1. The van der Waals surface area contributed by atoms with Gasteiger partial charge in [-0.1, -0.05) is 0 Å². The molecule has 0 atom stereocenters. The van der Waals surface area contributed by atoms with Gasteiger partial charge in [-0.2, -0.15) is 5.10 Å². The van der Waals surface area contributed by atoms with Crippen LogP contribution in [0.2, 0.25) is 0 Å². The molecule has 1 aliphatic rings. The van der Waals surface area contributed by atoms with Crippen LogP contribution in [0, 0.1) is 0 Å². The van der Waals surface area contributed by atoms with Gasteiger partial charge in [-0.3, -0.25) is 9.58 Å². The summed E-state index contributed by atoms with van der Waals surface area (Å²) in [5, 5.41) is 4.35. The average Bonchev–Trinajstić information content (AvgIpc) is 2.68. The van der Waals surface area contributed by atoms with E-state index in [-0.39, 0.29) is 6.03 Å². The van der Waals surface area contributed by atoms with Crippen molar-refractivity contribution in [1.29, 1.82) is 0 Å². The molecule has 1 aliphatic heterocycles. The Morgan fingerprint density at radius 1 is 1.37 bits per heavy atom. The van der Waals surface area contributed by atoms with Crippen molar-refractivity contribution in [3.8, 4) is 0 Å². The molecule has 1 aromatic heterocycles. The van der Waals surface area contributed by atoms with Crippen molar-refractivity contribution in [2.45, 2.75) is 32.9 Å². The molecular formula is C13H23N5O. The van der Waals surface area contributed by atoms with Crippen molar-refractivity contribution in [2.75, 3.05) is 26.2 Å². The van der Waals surface area contributed by atoms with E-state index in [4.69, 9.17) is 5.73 Å². The van der Waals surface area contributed by atoms with Gasteiger partial charge in [0.1, 0.15) is 0 Å². The zero-order chi connectivity index (χ0) is 13.8.